The molecule has 1 aliphatic rings. The molecule has 1 fully saturated rings. The molecule has 1 unspecified atom stereocenters. The molecule has 0 radical (unpaired) electrons. The second-order valence-corrected chi connectivity index (χ2v) is 4.90. The van der Waals surface area contributed by atoms with Crippen molar-refractivity contribution < 1.29 is 9.53 Å². The minimum absolute atomic E-state index is 0.0792. The van der Waals surface area contributed by atoms with Crippen LogP contribution in [0.4, 0.5) is 0 Å². The van der Waals surface area contributed by atoms with Crippen LogP contribution in [0, 0.1) is 5.92 Å². The number of hydrogen-bond donors (Lipinski definition) is 1. The maximum absolute atomic E-state index is 11.6. The maximum atomic E-state index is 11.6. The van der Waals surface area contributed by atoms with Gasteiger partial charge in [0.2, 0.25) is 0 Å². The van der Waals surface area contributed by atoms with Crippen LogP contribution in [0.1, 0.15) is 31.2 Å². The Bertz CT molecular complexity index is 358. The lowest BCUT2D eigenvalue weighted by Gasteiger charge is -2.22. The second-order valence-electron chi connectivity index (χ2n) is 4.90. The molecule has 1 aromatic rings. The van der Waals surface area contributed by atoms with Crippen LogP contribution in [0.3, 0.4) is 0 Å². The van der Waals surface area contributed by atoms with Crippen molar-refractivity contribution in [2.24, 2.45) is 5.92 Å². The van der Waals surface area contributed by atoms with Gasteiger partial charge < -0.3 is 10.1 Å². The van der Waals surface area contributed by atoms with Gasteiger partial charge in [0.1, 0.15) is 6.61 Å². The molecule has 0 spiro atoms. The van der Waals surface area contributed by atoms with Crippen molar-refractivity contribution in [3.8, 4) is 0 Å². The van der Waals surface area contributed by atoms with Crippen molar-refractivity contribution in [2.75, 3.05) is 13.1 Å². The Kier molecular flexibility index (Phi) is 5.21. The van der Waals surface area contributed by atoms with E-state index in [1.807, 2.05) is 30.3 Å². The summed E-state index contributed by atoms with van der Waals surface area (Å²) in [5.74, 6) is 0.562. The summed E-state index contributed by atoms with van der Waals surface area (Å²) in [7, 11) is 0. The van der Waals surface area contributed by atoms with Gasteiger partial charge in [-0.1, -0.05) is 30.3 Å². The fourth-order valence-electron chi connectivity index (χ4n) is 2.30. The van der Waals surface area contributed by atoms with Gasteiger partial charge in [0.05, 0.1) is 0 Å². The predicted molar refractivity (Wildman–Crippen MR) is 71.1 cm³/mol. The van der Waals surface area contributed by atoms with E-state index in [0.29, 0.717) is 18.9 Å². The molecule has 1 saturated heterocycles. The molecule has 0 amide bonds. The third kappa shape index (κ3) is 4.49. The first-order chi connectivity index (χ1) is 8.84. The number of carbonyl (C=O) groups is 1. The number of hydrogen-bond acceptors (Lipinski definition) is 3. The standard InChI is InChI=1S/C15H21NO2/c17-15(9-8-13-7-4-10-16-11-13)18-12-14-5-2-1-3-6-14/h1-3,5-6,13,16H,4,7-12H2. The summed E-state index contributed by atoms with van der Waals surface area (Å²) in [5, 5.41) is 3.36. The van der Waals surface area contributed by atoms with Gasteiger partial charge in [-0.25, -0.2) is 0 Å². The quantitative estimate of drug-likeness (QED) is 0.812. The first kappa shape index (κ1) is 13.1. The van der Waals surface area contributed by atoms with E-state index < -0.39 is 0 Å². The van der Waals surface area contributed by atoms with E-state index in [2.05, 4.69) is 5.32 Å². The molecular formula is C15H21NO2. The van der Waals surface area contributed by atoms with E-state index in [0.717, 1.165) is 25.1 Å². The molecule has 1 aromatic carbocycles. The van der Waals surface area contributed by atoms with E-state index in [4.69, 9.17) is 4.74 Å². The smallest absolute Gasteiger partial charge is 0.306 e. The van der Waals surface area contributed by atoms with Gasteiger partial charge in [0.25, 0.3) is 0 Å². The molecule has 1 atom stereocenters. The molecule has 18 heavy (non-hydrogen) atoms. The summed E-state index contributed by atoms with van der Waals surface area (Å²) in [4.78, 5) is 11.6. The van der Waals surface area contributed by atoms with E-state index in [9.17, 15) is 4.79 Å². The zero-order chi connectivity index (χ0) is 12.6. The Morgan fingerprint density at radius 1 is 1.33 bits per heavy atom. The van der Waals surface area contributed by atoms with Gasteiger partial charge >= 0.3 is 5.97 Å². The zero-order valence-corrected chi connectivity index (χ0v) is 10.7. The highest BCUT2D eigenvalue weighted by Crippen LogP contribution is 2.16. The van der Waals surface area contributed by atoms with Crippen molar-refractivity contribution >= 4 is 5.97 Å². The molecule has 98 valence electrons. The van der Waals surface area contributed by atoms with Gasteiger partial charge in [-0.3, -0.25) is 4.79 Å². The van der Waals surface area contributed by atoms with E-state index in [1.54, 1.807) is 0 Å². The molecule has 1 heterocycles. The van der Waals surface area contributed by atoms with Crippen molar-refractivity contribution in [1.82, 2.24) is 5.32 Å². The highest BCUT2D eigenvalue weighted by Gasteiger charge is 2.14. The molecule has 2 rings (SSSR count). The van der Waals surface area contributed by atoms with Gasteiger partial charge in [-0.15, -0.1) is 0 Å². The second kappa shape index (κ2) is 7.17. The average molecular weight is 247 g/mol. The van der Waals surface area contributed by atoms with Gasteiger partial charge in [0, 0.05) is 6.42 Å². The fraction of sp³-hybridized carbons (Fsp3) is 0.533. The summed E-state index contributed by atoms with van der Waals surface area (Å²) in [6.07, 6.45) is 3.95. The first-order valence-electron chi connectivity index (χ1n) is 6.75. The molecule has 3 nitrogen and oxygen atoms in total. The number of rotatable bonds is 5. The zero-order valence-electron chi connectivity index (χ0n) is 10.7. The van der Waals surface area contributed by atoms with Crippen LogP contribution < -0.4 is 5.32 Å². The lowest BCUT2D eigenvalue weighted by Crippen LogP contribution is -2.30. The molecule has 0 aromatic heterocycles. The highest BCUT2D eigenvalue weighted by atomic mass is 16.5. The molecule has 0 aliphatic carbocycles. The Balaban J connectivity index is 1.63. The van der Waals surface area contributed by atoms with Crippen LogP contribution in [0.15, 0.2) is 30.3 Å². The minimum Gasteiger partial charge on any atom is -0.461 e. The van der Waals surface area contributed by atoms with Gasteiger partial charge in [-0.2, -0.15) is 0 Å². The molecule has 1 aliphatic heterocycles. The van der Waals surface area contributed by atoms with Crippen LogP contribution in [0.25, 0.3) is 0 Å². The number of carbonyl (C=O) groups excluding carboxylic acids is 1. The molecule has 3 heteroatoms. The van der Waals surface area contributed by atoms with Crippen molar-refractivity contribution in [1.29, 1.82) is 0 Å². The monoisotopic (exact) mass is 247 g/mol. The maximum Gasteiger partial charge on any atom is 0.306 e. The number of ether oxygens (including phenoxy) is 1. The summed E-state index contributed by atoms with van der Waals surface area (Å²) in [6, 6.07) is 9.81. The molecule has 0 bridgehead atoms. The molecular weight excluding hydrogens is 226 g/mol. The van der Waals surface area contributed by atoms with Crippen LogP contribution in [0.5, 0.6) is 0 Å². The molecule has 1 N–H and O–H groups in total. The van der Waals surface area contributed by atoms with Crippen molar-refractivity contribution in [2.45, 2.75) is 32.3 Å². The van der Waals surface area contributed by atoms with E-state index in [1.165, 1.54) is 12.8 Å². The highest BCUT2D eigenvalue weighted by molar-refractivity contribution is 5.69. The van der Waals surface area contributed by atoms with Gasteiger partial charge in [0.15, 0.2) is 0 Å². The van der Waals surface area contributed by atoms with Crippen LogP contribution in [-0.4, -0.2) is 19.1 Å². The third-order valence-corrected chi connectivity index (χ3v) is 3.40. The summed E-state index contributed by atoms with van der Waals surface area (Å²) in [6.45, 7) is 2.56. The fourth-order valence-corrected chi connectivity index (χ4v) is 2.30. The number of esters is 1. The minimum atomic E-state index is -0.0792. The Morgan fingerprint density at radius 2 is 2.17 bits per heavy atom. The SMILES string of the molecule is O=C(CCC1CCCNC1)OCc1ccccc1. The van der Waals surface area contributed by atoms with Crippen LogP contribution in [0.2, 0.25) is 0 Å². The molecule has 0 saturated carbocycles. The summed E-state index contributed by atoms with van der Waals surface area (Å²) >= 11 is 0. The lowest BCUT2D eigenvalue weighted by molar-refractivity contribution is -0.145. The topological polar surface area (TPSA) is 38.3 Å². The third-order valence-electron chi connectivity index (χ3n) is 3.40. The van der Waals surface area contributed by atoms with Gasteiger partial charge in [-0.05, 0) is 43.8 Å². The Labute approximate surface area is 109 Å². The summed E-state index contributed by atoms with van der Waals surface area (Å²) < 4.78 is 5.26. The summed E-state index contributed by atoms with van der Waals surface area (Å²) in [5.41, 5.74) is 1.05. The normalized spacial score (nSPS) is 19.4. The van der Waals surface area contributed by atoms with Crippen LogP contribution in [-0.2, 0) is 16.1 Å². The van der Waals surface area contributed by atoms with Crippen LogP contribution >= 0.6 is 0 Å². The predicted octanol–water partition coefficient (Wildman–Crippen LogP) is 2.51. The first-order valence-corrected chi connectivity index (χ1v) is 6.75. The lowest BCUT2D eigenvalue weighted by atomic mass is 9.95. The average Bonchev–Trinajstić information content (AvgIpc) is 2.45. The number of nitrogens with one attached hydrogen (secondary N) is 1. The number of piperidine rings is 1. The Hall–Kier alpha value is -1.35. The van der Waals surface area contributed by atoms with E-state index >= 15 is 0 Å². The Morgan fingerprint density at radius 3 is 2.89 bits per heavy atom. The van der Waals surface area contributed by atoms with Crippen molar-refractivity contribution in [3.05, 3.63) is 35.9 Å². The largest absolute Gasteiger partial charge is 0.461 e. The number of benzene rings is 1. The van der Waals surface area contributed by atoms with Crippen molar-refractivity contribution in [3.63, 3.8) is 0 Å². The van der Waals surface area contributed by atoms with E-state index in [-0.39, 0.29) is 5.97 Å².